The Morgan fingerprint density at radius 1 is 1.07 bits per heavy atom. The van der Waals surface area contributed by atoms with Gasteiger partial charge in [-0.2, -0.15) is 0 Å². The van der Waals surface area contributed by atoms with Gasteiger partial charge in [0.05, 0.1) is 5.56 Å². The highest BCUT2D eigenvalue weighted by molar-refractivity contribution is 6.30. The van der Waals surface area contributed by atoms with Gasteiger partial charge < -0.3 is 10.3 Å². The van der Waals surface area contributed by atoms with Crippen LogP contribution in [0.25, 0.3) is 11.1 Å². The Hall–Kier alpha value is -2.66. The lowest BCUT2D eigenvalue weighted by molar-refractivity contribution is 0.1000. The normalized spacial score (nSPS) is 11.1. The molecule has 0 spiro atoms. The Bertz CT molecular complexity index is 1060. The largest absolute Gasteiger partial charge is 0.366 e. The summed E-state index contributed by atoms with van der Waals surface area (Å²) < 4.78 is 29.1. The minimum Gasteiger partial charge on any atom is -0.366 e. The van der Waals surface area contributed by atoms with Gasteiger partial charge >= 0.3 is 0 Å². The van der Waals surface area contributed by atoms with Crippen molar-refractivity contribution >= 4 is 17.5 Å². The number of hydrogen-bond donors (Lipinski definition) is 1. The van der Waals surface area contributed by atoms with Gasteiger partial charge in [-0.1, -0.05) is 49.6 Å². The van der Waals surface area contributed by atoms with Gasteiger partial charge in [0.1, 0.15) is 0 Å². The van der Waals surface area contributed by atoms with Crippen LogP contribution in [0.2, 0.25) is 5.02 Å². The van der Waals surface area contributed by atoms with Gasteiger partial charge in [-0.3, -0.25) is 4.79 Å². The summed E-state index contributed by atoms with van der Waals surface area (Å²) in [5, 5.41) is 0.602. The van der Waals surface area contributed by atoms with Crippen LogP contribution >= 0.6 is 11.6 Å². The molecular weight excluding hydrogens is 406 g/mol. The maximum Gasteiger partial charge on any atom is 0.251 e. The topological polar surface area (TPSA) is 48.0 Å². The van der Waals surface area contributed by atoms with Crippen LogP contribution in [0.5, 0.6) is 0 Å². The zero-order valence-electron chi connectivity index (χ0n) is 17.1. The lowest BCUT2D eigenvalue weighted by atomic mass is 9.97. The molecule has 3 aromatic rings. The van der Waals surface area contributed by atoms with E-state index in [1.54, 1.807) is 18.2 Å². The first kappa shape index (κ1) is 22.0. The van der Waals surface area contributed by atoms with Crippen molar-refractivity contribution in [2.24, 2.45) is 5.73 Å². The molecule has 0 fully saturated rings. The molecule has 2 N–H and O–H groups in total. The Morgan fingerprint density at radius 2 is 1.77 bits per heavy atom. The van der Waals surface area contributed by atoms with Gasteiger partial charge in [0.2, 0.25) is 0 Å². The molecule has 0 atom stereocenters. The first-order chi connectivity index (χ1) is 14.3. The van der Waals surface area contributed by atoms with E-state index in [1.807, 2.05) is 23.6 Å². The summed E-state index contributed by atoms with van der Waals surface area (Å²) in [4.78, 5) is 12.4. The van der Waals surface area contributed by atoms with Crippen LogP contribution < -0.4 is 5.73 Å². The average Bonchev–Trinajstić information content (AvgIpc) is 2.98. The molecular formula is C24H25ClF2N2O. The molecule has 30 heavy (non-hydrogen) atoms. The molecule has 1 aromatic heterocycles. The highest BCUT2D eigenvalue weighted by Gasteiger charge is 2.24. The molecule has 0 radical (unpaired) electrons. The fourth-order valence-corrected chi connectivity index (χ4v) is 3.99. The molecule has 158 valence electrons. The van der Waals surface area contributed by atoms with E-state index in [4.69, 9.17) is 17.3 Å². The van der Waals surface area contributed by atoms with Gasteiger partial charge in [-0.15, -0.1) is 0 Å². The molecule has 3 nitrogen and oxygen atoms in total. The number of amides is 1. The lowest BCUT2D eigenvalue weighted by Crippen LogP contribution is -2.13. The molecule has 0 aliphatic carbocycles. The SMILES string of the molecule is CCCCCc1c(-c2ccc(Cl)cc2)c(C(N)=O)c(C)n1Cc1ccc(F)c(F)c1. The second-order valence-electron chi connectivity index (χ2n) is 7.44. The summed E-state index contributed by atoms with van der Waals surface area (Å²) >= 11 is 6.05. The first-order valence-corrected chi connectivity index (χ1v) is 10.4. The van der Waals surface area contributed by atoms with Gasteiger partial charge in [-0.25, -0.2) is 8.78 Å². The van der Waals surface area contributed by atoms with Crippen molar-refractivity contribution in [1.29, 1.82) is 0 Å². The second kappa shape index (κ2) is 9.43. The fourth-order valence-electron chi connectivity index (χ4n) is 3.86. The molecule has 0 saturated heterocycles. The maximum absolute atomic E-state index is 13.8. The summed E-state index contributed by atoms with van der Waals surface area (Å²) in [6.45, 7) is 4.28. The maximum atomic E-state index is 13.8. The number of carbonyl (C=O) groups excluding carboxylic acids is 1. The summed E-state index contributed by atoms with van der Waals surface area (Å²) in [5.74, 6) is -2.29. The Labute approximate surface area is 180 Å². The van der Waals surface area contributed by atoms with Crippen LogP contribution in [0.4, 0.5) is 8.78 Å². The third-order valence-corrected chi connectivity index (χ3v) is 5.60. The standard InChI is InChI=1S/C24H25ClF2N2O/c1-3-4-5-6-21-23(17-8-10-18(25)11-9-17)22(24(28)30)15(2)29(21)14-16-7-12-19(26)20(27)13-16/h7-13H,3-6,14H2,1-2H3,(H2,28,30). The van der Waals surface area contributed by atoms with Gasteiger partial charge in [-0.05, 0) is 55.2 Å². The monoisotopic (exact) mass is 430 g/mol. The highest BCUT2D eigenvalue weighted by atomic mass is 35.5. The number of rotatable bonds is 8. The predicted octanol–water partition coefficient (Wildman–Crippen LogP) is 6.28. The molecule has 0 saturated carbocycles. The van der Waals surface area contributed by atoms with Crippen molar-refractivity contribution in [3.05, 3.63) is 81.6 Å². The second-order valence-corrected chi connectivity index (χ2v) is 7.88. The number of aromatic nitrogens is 1. The average molecular weight is 431 g/mol. The third-order valence-electron chi connectivity index (χ3n) is 5.35. The zero-order chi connectivity index (χ0) is 21.8. The van der Waals surface area contributed by atoms with Crippen LogP contribution in [-0.4, -0.2) is 10.5 Å². The van der Waals surface area contributed by atoms with E-state index in [-0.39, 0.29) is 0 Å². The predicted molar refractivity (Wildman–Crippen MR) is 117 cm³/mol. The molecule has 0 bridgehead atoms. The van der Waals surface area contributed by atoms with Crippen molar-refractivity contribution < 1.29 is 13.6 Å². The molecule has 1 amide bonds. The van der Waals surface area contributed by atoms with E-state index in [0.717, 1.165) is 48.6 Å². The van der Waals surface area contributed by atoms with Crippen LogP contribution in [0.1, 0.15) is 53.5 Å². The fraction of sp³-hybridized carbons (Fsp3) is 0.292. The summed E-state index contributed by atoms with van der Waals surface area (Å²) in [7, 11) is 0. The quantitative estimate of drug-likeness (QED) is 0.420. The summed E-state index contributed by atoms with van der Waals surface area (Å²) in [5.41, 5.74) is 10.1. The van der Waals surface area contributed by atoms with Gasteiger partial charge in [0, 0.05) is 28.5 Å². The number of nitrogens with two attached hydrogens (primary N) is 1. The highest BCUT2D eigenvalue weighted by Crippen LogP contribution is 2.35. The van der Waals surface area contributed by atoms with E-state index in [9.17, 15) is 13.6 Å². The van der Waals surface area contributed by atoms with Crippen molar-refractivity contribution in [3.63, 3.8) is 0 Å². The lowest BCUT2D eigenvalue weighted by Gasteiger charge is -2.14. The van der Waals surface area contributed by atoms with E-state index in [0.29, 0.717) is 28.4 Å². The third kappa shape index (κ3) is 4.57. The number of nitrogens with zero attached hydrogens (tertiary/aromatic N) is 1. The van der Waals surface area contributed by atoms with Crippen LogP contribution in [0, 0.1) is 18.6 Å². The molecule has 0 aliphatic heterocycles. The number of hydrogen-bond acceptors (Lipinski definition) is 1. The first-order valence-electron chi connectivity index (χ1n) is 10.0. The van der Waals surface area contributed by atoms with Gasteiger partial charge in [0.15, 0.2) is 11.6 Å². The Balaban J connectivity index is 2.18. The van der Waals surface area contributed by atoms with Crippen molar-refractivity contribution in [2.45, 2.75) is 46.1 Å². The van der Waals surface area contributed by atoms with Crippen LogP contribution in [-0.2, 0) is 13.0 Å². The minimum absolute atomic E-state index is 0.318. The number of benzene rings is 2. The number of halogens is 3. The molecule has 0 aliphatic rings. The molecule has 2 aromatic carbocycles. The number of carbonyl (C=O) groups is 1. The summed E-state index contributed by atoms with van der Waals surface area (Å²) in [6, 6.07) is 11.2. The number of primary amides is 1. The van der Waals surface area contributed by atoms with E-state index >= 15 is 0 Å². The van der Waals surface area contributed by atoms with Crippen LogP contribution in [0.3, 0.4) is 0 Å². The molecule has 1 heterocycles. The summed E-state index contributed by atoms with van der Waals surface area (Å²) in [6.07, 6.45) is 3.78. The number of unbranched alkanes of at least 4 members (excludes halogenated alkanes) is 2. The smallest absolute Gasteiger partial charge is 0.251 e. The van der Waals surface area contributed by atoms with E-state index in [1.165, 1.54) is 6.07 Å². The molecule has 3 rings (SSSR count). The molecule has 0 unspecified atom stereocenters. The van der Waals surface area contributed by atoms with E-state index in [2.05, 4.69) is 6.92 Å². The van der Waals surface area contributed by atoms with Crippen molar-refractivity contribution in [1.82, 2.24) is 4.57 Å². The molecule has 6 heteroatoms. The van der Waals surface area contributed by atoms with Crippen molar-refractivity contribution in [3.8, 4) is 11.1 Å². The van der Waals surface area contributed by atoms with Crippen LogP contribution in [0.15, 0.2) is 42.5 Å². The Kier molecular flexibility index (Phi) is 6.93. The minimum atomic E-state index is -0.891. The zero-order valence-corrected chi connectivity index (χ0v) is 17.9. The van der Waals surface area contributed by atoms with Crippen molar-refractivity contribution in [2.75, 3.05) is 0 Å². The Morgan fingerprint density at radius 3 is 2.37 bits per heavy atom. The van der Waals surface area contributed by atoms with E-state index < -0.39 is 17.5 Å². The van der Waals surface area contributed by atoms with Gasteiger partial charge in [0.25, 0.3) is 5.91 Å².